The number of amides is 2. The maximum atomic E-state index is 13.9. The molecule has 2 amide bonds. The molecule has 0 aliphatic carbocycles. The molecular weight excluding hydrogens is 564 g/mol. The van der Waals surface area contributed by atoms with Crippen LogP contribution >= 0.6 is 23.2 Å². The minimum absolute atomic E-state index is 0.0185. The van der Waals surface area contributed by atoms with E-state index < -0.39 is 34.3 Å². The van der Waals surface area contributed by atoms with Crippen molar-refractivity contribution in [3.63, 3.8) is 0 Å². The van der Waals surface area contributed by atoms with Crippen LogP contribution in [-0.2, 0) is 32.6 Å². The number of hydrogen-bond donors (Lipinski definition) is 1. The average molecular weight is 595 g/mol. The highest BCUT2D eigenvalue weighted by Crippen LogP contribution is 2.26. The molecule has 1 atom stereocenters. The molecule has 0 saturated carbocycles. The third-order valence-electron chi connectivity index (χ3n) is 5.99. The van der Waals surface area contributed by atoms with E-state index in [1.807, 2.05) is 37.3 Å². The maximum Gasteiger partial charge on any atom is 0.244 e. The lowest BCUT2D eigenvalue weighted by Gasteiger charge is -2.33. The molecule has 0 bridgehead atoms. The highest BCUT2D eigenvalue weighted by molar-refractivity contribution is 7.92. The van der Waals surface area contributed by atoms with Crippen LogP contribution in [0.1, 0.15) is 24.5 Å². The summed E-state index contributed by atoms with van der Waals surface area (Å²) in [5, 5.41) is 2.97. The fourth-order valence-electron chi connectivity index (χ4n) is 3.98. The zero-order valence-electron chi connectivity index (χ0n) is 21.6. The number of nitrogens with one attached hydrogen (secondary N) is 1. The molecule has 1 N–H and O–H groups in total. The Kier molecular flexibility index (Phi) is 10.7. The molecule has 0 heterocycles. The number of rotatable bonds is 12. The van der Waals surface area contributed by atoms with Gasteiger partial charge in [-0.2, -0.15) is 0 Å². The average Bonchev–Trinajstić information content (AvgIpc) is 2.90. The lowest BCUT2D eigenvalue weighted by Crippen LogP contribution is -2.53. The van der Waals surface area contributed by atoms with Crippen molar-refractivity contribution in [2.24, 2.45) is 0 Å². The van der Waals surface area contributed by atoms with Gasteiger partial charge in [-0.3, -0.25) is 13.9 Å². The van der Waals surface area contributed by atoms with Gasteiger partial charge in [0, 0.05) is 24.5 Å². The van der Waals surface area contributed by atoms with Crippen LogP contribution in [0, 0.1) is 5.82 Å². The van der Waals surface area contributed by atoms with E-state index in [-0.39, 0.29) is 29.6 Å². The minimum atomic E-state index is -4.00. The first-order valence-corrected chi connectivity index (χ1v) is 14.9. The molecule has 0 fully saturated rings. The molecular formula is C28H30Cl2FN3O4S. The molecule has 3 aromatic carbocycles. The molecule has 3 aromatic rings. The molecule has 11 heteroatoms. The van der Waals surface area contributed by atoms with Gasteiger partial charge in [0.25, 0.3) is 0 Å². The second-order valence-corrected chi connectivity index (χ2v) is 11.7. The summed E-state index contributed by atoms with van der Waals surface area (Å²) < 4.78 is 40.1. The maximum absolute atomic E-state index is 13.9. The number of halogens is 3. The second-order valence-electron chi connectivity index (χ2n) is 8.98. The SMILES string of the molecule is CCCNC(=O)[C@H](Cc1ccccc1)N(Cc1ccccc1Cl)C(=O)CN(c1ccc(F)c(Cl)c1)S(C)(=O)=O. The number of benzene rings is 3. The normalized spacial score (nSPS) is 12.0. The van der Waals surface area contributed by atoms with E-state index >= 15 is 0 Å². The molecule has 7 nitrogen and oxygen atoms in total. The number of carbonyl (C=O) groups excluding carboxylic acids is 2. The van der Waals surface area contributed by atoms with E-state index in [2.05, 4.69) is 5.32 Å². The van der Waals surface area contributed by atoms with Crippen molar-refractivity contribution < 1.29 is 22.4 Å². The summed E-state index contributed by atoms with van der Waals surface area (Å²) in [5.41, 5.74) is 1.42. The van der Waals surface area contributed by atoms with E-state index in [1.54, 1.807) is 24.3 Å². The molecule has 0 saturated heterocycles. The number of hydrogen-bond acceptors (Lipinski definition) is 4. The molecule has 0 unspecified atom stereocenters. The van der Waals surface area contributed by atoms with Crippen molar-refractivity contribution in [2.75, 3.05) is 23.7 Å². The summed E-state index contributed by atoms with van der Waals surface area (Å²) in [4.78, 5) is 28.7. The van der Waals surface area contributed by atoms with Crippen molar-refractivity contribution in [3.8, 4) is 0 Å². The summed E-state index contributed by atoms with van der Waals surface area (Å²) in [6.07, 6.45) is 1.81. The van der Waals surface area contributed by atoms with Crippen LogP contribution in [0.5, 0.6) is 0 Å². The van der Waals surface area contributed by atoms with Crippen molar-refractivity contribution >= 4 is 50.7 Å². The lowest BCUT2D eigenvalue weighted by molar-refractivity contribution is -0.140. The van der Waals surface area contributed by atoms with Gasteiger partial charge in [0.2, 0.25) is 21.8 Å². The Labute approximate surface area is 238 Å². The van der Waals surface area contributed by atoms with Gasteiger partial charge in [0.05, 0.1) is 17.0 Å². The Morgan fingerprint density at radius 3 is 2.26 bits per heavy atom. The van der Waals surface area contributed by atoms with Crippen LogP contribution in [0.3, 0.4) is 0 Å². The van der Waals surface area contributed by atoms with Crippen LogP contribution in [0.2, 0.25) is 10.0 Å². The van der Waals surface area contributed by atoms with Crippen LogP contribution < -0.4 is 9.62 Å². The van der Waals surface area contributed by atoms with Crippen molar-refractivity contribution in [1.29, 1.82) is 0 Å². The quantitative estimate of drug-likeness (QED) is 0.318. The van der Waals surface area contributed by atoms with Gasteiger partial charge in [0.15, 0.2) is 0 Å². The summed E-state index contributed by atoms with van der Waals surface area (Å²) in [7, 11) is -4.00. The predicted molar refractivity (Wildman–Crippen MR) is 153 cm³/mol. The lowest BCUT2D eigenvalue weighted by atomic mass is 10.0. The number of sulfonamides is 1. The predicted octanol–water partition coefficient (Wildman–Crippen LogP) is 5.06. The van der Waals surface area contributed by atoms with E-state index in [1.165, 1.54) is 11.0 Å². The van der Waals surface area contributed by atoms with Crippen LogP contribution in [0.15, 0.2) is 72.8 Å². The molecule has 0 aromatic heterocycles. The smallest absolute Gasteiger partial charge is 0.244 e. The van der Waals surface area contributed by atoms with E-state index in [0.717, 1.165) is 28.3 Å². The molecule has 208 valence electrons. The zero-order valence-corrected chi connectivity index (χ0v) is 23.9. The highest BCUT2D eigenvalue weighted by atomic mass is 35.5. The molecule has 0 aliphatic heterocycles. The Bertz CT molecular complexity index is 1410. The van der Waals surface area contributed by atoms with E-state index in [9.17, 15) is 22.4 Å². The highest BCUT2D eigenvalue weighted by Gasteiger charge is 2.33. The molecule has 0 spiro atoms. The summed E-state index contributed by atoms with van der Waals surface area (Å²) in [5.74, 6) is -1.75. The third-order valence-corrected chi connectivity index (χ3v) is 7.79. The standard InChI is InChI=1S/C28H30Cl2FN3O4S/c1-3-15-32-28(36)26(16-20-9-5-4-6-10-20)33(18-21-11-7-8-12-23(21)29)27(35)19-34(39(2,37)38)22-13-14-25(31)24(30)17-22/h4-14,17,26H,3,15-16,18-19H2,1-2H3,(H,32,36)/t26-/m0/s1. The Morgan fingerprint density at radius 1 is 0.974 bits per heavy atom. The topological polar surface area (TPSA) is 86.8 Å². The van der Waals surface area contributed by atoms with Crippen LogP contribution in [0.25, 0.3) is 0 Å². The summed E-state index contributed by atoms with van der Waals surface area (Å²) in [6, 6.07) is 18.5. The Hall–Kier alpha value is -3.14. The Morgan fingerprint density at radius 2 is 1.64 bits per heavy atom. The molecule has 0 radical (unpaired) electrons. The van der Waals surface area contributed by atoms with Crippen molar-refractivity contribution in [2.45, 2.75) is 32.4 Å². The molecule has 3 rings (SSSR count). The second kappa shape index (κ2) is 13.8. The van der Waals surface area contributed by atoms with Gasteiger partial charge in [-0.1, -0.05) is 78.7 Å². The molecule has 39 heavy (non-hydrogen) atoms. The summed E-state index contributed by atoms with van der Waals surface area (Å²) in [6.45, 7) is 1.63. The monoisotopic (exact) mass is 593 g/mol. The number of nitrogens with zero attached hydrogens (tertiary/aromatic N) is 2. The van der Waals surface area contributed by atoms with E-state index in [0.29, 0.717) is 23.6 Å². The van der Waals surface area contributed by atoms with Gasteiger partial charge in [-0.05, 0) is 41.8 Å². The van der Waals surface area contributed by atoms with Gasteiger partial charge >= 0.3 is 0 Å². The first-order chi connectivity index (χ1) is 18.5. The minimum Gasteiger partial charge on any atom is -0.354 e. The zero-order chi connectivity index (χ0) is 28.6. The first-order valence-electron chi connectivity index (χ1n) is 12.3. The fourth-order valence-corrected chi connectivity index (χ4v) is 5.20. The molecule has 0 aliphatic rings. The number of carbonyl (C=O) groups is 2. The number of anilines is 1. The van der Waals surface area contributed by atoms with E-state index in [4.69, 9.17) is 23.2 Å². The van der Waals surface area contributed by atoms with Crippen LogP contribution in [-0.4, -0.2) is 50.5 Å². The third kappa shape index (κ3) is 8.42. The van der Waals surface area contributed by atoms with Crippen LogP contribution in [0.4, 0.5) is 10.1 Å². The van der Waals surface area contributed by atoms with Gasteiger partial charge in [0.1, 0.15) is 18.4 Å². The van der Waals surface area contributed by atoms with Crippen molar-refractivity contribution in [3.05, 3.63) is 99.8 Å². The van der Waals surface area contributed by atoms with Crippen molar-refractivity contribution in [1.82, 2.24) is 10.2 Å². The Balaban J connectivity index is 2.06. The van der Waals surface area contributed by atoms with Gasteiger partial charge in [-0.15, -0.1) is 0 Å². The fraction of sp³-hybridized carbons (Fsp3) is 0.286. The largest absolute Gasteiger partial charge is 0.354 e. The van der Waals surface area contributed by atoms with Gasteiger partial charge in [-0.25, -0.2) is 12.8 Å². The van der Waals surface area contributed by atoms with Gasteiger partial charge < -0.3 is 10.2 Å². The summed E-state index contributed by atoms with van der Waals surface area (Å²) >= 11 is 12.3. The first kappa shape index (κ1) is 30.4.